The Morgan fingerprint density at radius 1 is 1.23 bits per heavy atom. The van der Waals surface area contributed by atoms with Gasteiger partial charge in [-0.3, -0.25) is 0 Å². The summed E-state index contributed by atoms with van der Waals surface area (Å²) in [5, 5.41) is 0. The molecule has 4 heteroatoms. The number of halogens is 3. The normalized spacial score (nSPS) is 12.6. The van der Waals surface area contributed by atoms with Crippen LogP contribution in [-0.4, -0.2) is 0 Å². The summed E-state index contributed by atoms with van der Waals surface area (Å²) in [5.41, 5.74) is 5.57. The highest BCUT2D eigenvalue weighted by Gasteiger charge is 2.12. The molecule has 1 aromatic carbocycles. The number of hydrogen-bond donors (Lipinski definition) is 1. The van der Waals surface area contributed by atoms with Crippen molar-refractivity contribution in [2.24, 2.45) is 5.73 Å². The Kier molecular flexibility index (Phi) is 2.72. The van der Waals surface area contributed by atoms with Crippen molar-refractivity contribution in [3.05, 3.63) is 47.8 Å². The lowest BCUT2D eigenvalue weighted by Crippen LogP contribution is -2.08. The molecule has 1 unspecified atom stereocenters. The lowest BCUT2D eigenvalue weighted by Gasteiger charge is -2.06. The molecule has 2 N–H and O–H groups in total. The van der Waals surface area contributed by atoms with Crippen molar-refractivity contribution in [2.75, 3.05) is 0 Å². The maximum absolute atomic E-state index is 12.6. The average Bonchev–Trinajstić information content (AvgIpc) is 2.12. The van der Waals surface area contributed by atoms with Crippen LogP contribution >= 0.6 is 0 Å². The monoisotopic (exact) mass is 187 g/mol. The molecular formula is C9H8F3N. The van der Waals surface area contributed by atoms with Crippen molar-refractivity contribution in [3.8, 4) is 0 Å². The molecule has 0 aliphatic rings. The van der Waals surface area contributed by atoms with Gasteiger partial charge in [0.25, 0.3) is 0 Å². The van der Waals surface area contributed by atoms with Gasteiger partial charge in [0.1, 0.15) is 0 Å². The summed E-state index contributed by atoms with van der Waals surface area (Å²) in [7, 11) is 0. The van der Waals surface area contributed by atoms with Crippen LogP contribution in [0.4, 0.5) is 13.2 Å². The van der Waals surface area contributed by atoms with Gasteiger partial charge in [-0.25, -0.2) is 13.2 Å². The highest BCUT2D eigenvalue weighted by atomic mass is 19.2. The van der Waals surface area contributed by atoms with E-state index in [1.54, 1.807) is 0 Å². The Bertz CT molecular complexity index is 313. The molecule has 70 valence electrons. The van der Waals surface area contributed by atoms with Gasteiger partial charge in [0, 0.05) is 6.04 Å². The van der Waals surface area contributed by atoms with Crippen LogP contribution in [0.2, 0.25) is 0 Å². The largest absolute Gasteiger partial charge is 0.321 e. The summed E-state index contributed by atoms with van der Waals surface area (Å²) < 4.78 is 37.7. The summed E-state index contributed by atoms with van der Waals surface area (Å²) in [4.78, 5) is 0. The molecule has 0 saturated carbocycles. The van der Waals surface area contributed by atoms with Crippen molar-refractivity contribution >= 4 is 0 Å². The minimum Gasteiger partial charge on any atom is -0.321 e. The smallest absolute Gasteiger partial charge is 0.194 e. The standard InChI is InChI=1S/C9H8F3N/c1-2-8(13)5-3-6(10)9(12)7(11)4-5/h2-4,8H,1,13H2. The Balaban J connectivity index is 3.20. The maximum atomic E-state index is 12.6. The average molecular weight is 187 g/mol. The fourth-order valence-electron chi connectivity index (χ4n) is 0.904. The molecule has 1 nitrogen and oxygen atoms in total. The Morgan fingerprint density at radius 3 is 2.08 bits per heavy atom. The van der Waals surface area contributed by atoms with Crippen molar-refractivity contribution in [2.45, 2.75) is 6.04 Å². The quantitative estimate of drug-likeness (QED) is 0.558. The fourth-order valence-corrected chi connectivity index (χ4v) is 0.904. The van der Waals surface area contributed by atoms with Crippen LogP contribution in [0.1, 0.15) is 11.6 Å². The molecule has 0 saturated heterocycles. The Hall–Kier alpha value is -1.29. The predicted molar refractivity (Wildman–Crippen MR) is 43.4 cm³/mol. The van der Waals surface area contributed by atoms with E-state index in [1.807, 2.05) is 0 Å². The van der Waals surface area contributed by atoms with E-state index in [0.29, 0.717) is 0 Å². The zero-order valence-electron chi connectivity index (χ0n) is 6.73. The van der Waals surface area contributed by atoms with Crippen molar-refractivity contribution in [1.82, 2.24) is 0 Å². The zero-order valence-corrected chi connectivity index (χ0v) is 6.73. The highest BCUT2D eigenvalue weighted by molar-refractivity contribution is 5.24. The van der Waals surface area contributed by atoms with E-state index >= 15 is 0 Å². The molecule has 0 aliphatic carbocycles. The molecule has 0 aliphatic heterocycles. The second-order valence-corrected chi connectivity index (χ2v) is 2.56. The zero-order chi connectivity index (χ0) is 10.0. The van der Waals surface area contributed by atoms with Crippen molar-refractivity contribution in [1.29, 1.82) is 0 Å². The van der Waals surface area contributed by atoms with Crippen molar-refractivity contribution < 1.29 is 13.2 Å². The van der Waals surface area contributed by atoms with Crippen LogP contribution in [0.15, 0.2) is 24.8 Å². The second-order valence-electron chi connectivity index (χ2n) is 2.56. The van der Waals surface area contributed by atoms with E-state index < -0.39 is 23.5 Å². The molecule has 0 radical (unpaired) electrons. The molecule has 0 spiro atoms. The SMILES string of the molecule is C=CC(N)c1cc(F)c(F)c(F)c1. The van der Waals surface area contributed by atoms with Gasteiger partial charge < -0.3 is 5.73 Å². The molecule has 0 aromatic heterocycles. The number of hydrogen-bond acceptors (Lipinski definition) is 1. The number of benzene rings is 1. The van der Waals surface area contributed by atoms with E-state index in [1.165, 1.54) is 6.08 Å². The van der Waals surface area contributed by atoms with Gasteiger partial charge in [0.15, 0.2) is 17.5 Å². The van der Waals surface area contributed by atoms with Crippen LogP contribution < -0.4 is 5.73 Å². The molecule has 1 atom stereocenters. The fraction of sp³-hybridized carbons (Fsp3) is 0.111. The first-order valence-electron chi connectivity index (χ1n) is 3.59. The van der Waals surface area contributed by atoms with Gasteiger partial charge in [0.2, 0.25) is 0 Å². The van der Waals surface area contributed by atoms with Crippen LogP contribution in [0.3, 0.4) is 0 Å². The molecule has 0 amide bonds. The van der Waals surface area contributed by atoms with Gasteiger partial charge in [0.05, 0.1) is 0 Å². The number of nitrogens with two attached hydrogens (primary N) is 1. The highest BCUT2D eigenvalue weighted by Crippen LogP contribution is 2.18. The first-order chi connectivity index (χ1) is 6.06. The van der Waals surface area contributed by atoms with Gasteiger partial charge >= 0.3 is 0 Å². The first-order valence-corrected chi connectivity index (χ1v) is 3.59. The predicted octanol–water partition coefficient (Wildman–Crippen LogP) is 2.29. The minimum absolute atomic E-state index is 0.159. The van der Waals surface area contributed by atoms with E-state index in [2.05, 4.69) is 6.58 Å². The maximum Gasteiger partial charge on any atom is 0.194 e. The van der Waals surface area contributed by atoms with Crippen LogP contribution in [-0.2, 0) is 0 Å². The van der Waals surface area contributed by atoms with Crippen LogP contribution in [0.25, 0.3) is 0 Å². The third-order valence-corrected chi connectivity index (χ3v) is 1.64. The summed E-state index contributed by atoms with van der Waals surface area (Å²) in [6.07, 6.45) is 1.31. The second kappa shape index (κ2) is 3.62. The molecule has 0 heterocycles. The van der Waals surface area contributed by atoms with Gasteiger partial charge in [-0.2, -0.15) is 0 Å². The van der Waals surface area contributed by atoms with Gasteiger partial charge in [-0.05, 0) is 17.7 Å². The lowest BCUT2D eigenvalue weighted by atomic mass is 10.1. The van der Waals surface area contributed by atoms with Gasteiger partial charge in [-0.15, -0.1) is 6.58 Å². The van der Waals surface area contributed by atoms with E-state index in [0.717, 1.165) is 12.1 Å². The van der Waals surface area contributed by atoms with E-state index in [-0.39, 0.29) is 5.56 Å². The molecular weight excluding hydrogens is 179 g/mol. The number of rotatable bonds is 2. The summed E-state index contributed by atoms with van der Waals surface area (Å²) in [6.45, 7) is 3.36. The third-order valence-electron chi connectivity index (χ3n) is 1.64. The summed E-state index contributed by atoms with van der Waals surface area (Å²) in [5.74, 6) is -3.97. The Morgan fingerprint density at radius 2 is 1.69 bits per heavy atom. The summed E-state index contributed by atoms with van der Waals surface area (Å²) in [6, 6.07) is 1.01. The van der Waals surface area contributed by atoms with E-state index in [9.17, 15) is 13.2 Å². The minimum atomic E-state index is -1.49. The summed E-state index contributed by atoms with van der Waals surface area (Å²) >= 11 is 0. The molecule has 1 rings (SSSR count). The van der Waals surface area contributed by atoms with E-state index in [4.69, 9.17) is 5.73 Å². The van der Waals surface area contributed by atoms with Crippen molar-refractivity contribution in [3.63, 3.8) is 0 Å². The molecule has 0 fully saturated rings. The topological polar surface area (TPSA) is 26.0 Å². The molecule has 13 heavy (non-hydrogen) atoms. The van der Waals surface area contributed by atoms with Crippen LogP contribution in [0, 0.1) is 17.5 Å². The molecule has 0 bridgehead atoms. The molecule has 1 aromatic rings. The third kappa shape index (κ3) is 1.89. The first kappa shape index (κ1) is 9.80. The van der Waals surface area contributed by atoms with Crippen LogP contribution in [0.5, 0.6) is 0 Å². The Labute approximate surface area is 73.7 Å². The van der Waals surface area contributed by atoms with Gasteiger partial charge in [-0.1, -0.05) is 6.08 Å². The lowest BCUT2D eigenvalue weighted by molar-refractivity contribution is 0.444.